The number of fused-ring (bicyclic) bond motifs is 1. The quantitative estimate of drug-likeness (QED) is 0.592. The van der Waals surface area contributed by atoms with Gasteiger partial charge in [-0.3, -0.25) is 19.4 Å². The normalized spacial score (nSPS) is 14.8. The molecule has 0 fully saturated rings. The maximum absolute atomic E-state index is 13.8. The molecule has 7 heteroatoms. The Hall–Kier alpha value is -3.22. The molecule has 0 saturated carbocycles. The number of hydrogen-bond acceptors (Lipinski definition) is 4. The Morgan fingerprint density at radius 2 is 1.48 bits per heavy atom. The molecular weight excluding hydrogens is 423 g/mol. The van der Waals surface area contributed by atoms with Crippen LogP contribution in [0.15, 0.2) is 48.5 Å². The number of carbonyl (C=O) groups is 3. The molecule has 3 rings (SSSR count). The van der Waals surface area contributed by atoms with Gasteiger partial charge in [-0.15, -0.1) is 0 Å². The van der Waals surface area contributed by atoms with Crippen molar-refractivity contribution in [3.63, 3.8) is 0 Å². The summed E-state index contributed by atoms with van der Waals surface area (Å²) in [4.78, 5) is 41.8. The molecule has 1 atom stereocenters. The lowest BCUT2D eigenvalue weighted by molar-refractivity contribution is -0.00628. The summed E-state index contributed by atoms with van der Waals surface area (Å²) in [6.07, 6.45) is -1.26. The molecule has 0 spiro atoms. The first-order valence-electron chi connectivity index (χ1n) is 11.0. The van der Waals surface area contributed by atoms with E-state index >= 15 is 0 Å². The summed E-state index contributed by atoms with van der Waals surface area (Å²) in [7, 11) is 0. The van der Waals surface area contributed by atoms with Crippen molar-refractivity contribution in [2.45, 2.75) is 65.1 Å². The fraction of sp³-hybridized carbons (Fsp3) is 0.423. The monoisotopic (exact) mass is 454 g/mol. The number of imide groups is 1. The average Bonchev–Trinajstić information content (AvgIpc) is 2.91. The van der Waals surface area contributed by atoms with Crippen LogP contribution in [0, 0.1) is 5.82 Å². The first-order chi connectivity index (χ1) is 15.3. The Morgan fingerprint density at radius 1 is 0.939 bits per heavy atom. The van der Waals surface area contributed by atoms with Gasteiger partial charge in [-0.05, 0) is 71.4 Å². The Morgan fingerprint density at radius 3 is 1.97 bits per heavy atom. The summed E-state index contributed by atoms with van der Waals surface area (Å²) >= 11 is 0. The van der Waals surface area contributed by atoms with Gasteiger partial charge in [-0.25, -0.2) is 9.18 Å². The van der Waals surface area contributed by atoms with E-state index in [4.69, 9.17) is 4.74 Å². The van der Waals surface area contributed by atoms with Crippen LogP contribution in [0.1, 0.15) is 67.8 Å². The van der Waals surface area contributed by atoms with Gasteiger partial charge in [0.1, 0.15) is 11.9 Å². The lowest BCUT2D eigenvalue weighted by Gasteiger charge is -2.45. The summed E-state index contributed by atoms with van der Waals surface area (Å²) < 4.78 is 19.7. The lowest BCUT2D eigenvalue weighted by atomic mass is 9.97. The third kappa shape index (κ3) is 5.41. The second-order valence-electron chi connectivity index (χ2n) is 10.3. The van der Waals surface area contributed by atoms with E-state index in [2.05, 4.69) is 0 Å². The van der Waals surface area contributed by atoms with Crippen molar-refractivity contribution in [3.8, 4) is 0 Å². The summed E-state index contributed by atoms with van der Waals surface area (Å²) in [6, 6.07) is 12.6. The highest BCUT2D eigenvalue weighted by Gasteiger charge is 2.40. The number of amides is 3. The van der Waals surface area contributed by atoms with E-state index in [1.165, 1.54) is 12.1 Å². The summed E-state index contributed by atoms with van der Waals surface area (Å²) in [6.45, 7) is 11.3. The molecule has 1 aliphatic heterocycles. The van der Waals surface area contributed by atoms with Crippen LogP contribution in [-0.2, 0) is 11.2 Å². The van der Waals surface area contributed by atoms with Crippen LogP contribution in [-0.4, -0.2) is 51.4 Å². The first-order valence-corrected chi connectivity index (χ1v) is 11.0. The van der Waals surface area contributed by atoms with E-state index in [0.717, 1.165) is 4.90 Å². The topological polar surface area (TPSA) is 66.9 Å². The minimum atomic E-state index is -0.853. The number of carbonyl (C=O) groups excluding carboxylic acids is 3. The maximum Gasteiger partial charge on any atom is 0.410 e. The lowest BCUT2D eigenvalue weighted by Crippen LogP contribution is -2.57. The standard InChI is InChI=1S/C26H31FN2O4/c1-25(2,3)29(26(4,5)6)24(32)33-19(15-17-10-9-11-18(27)14-17)16-28-22(30)20-12-7-8-13-21(20)23(28)31/h7-14,19H,15-16H2,1-6H3/t19-/m0/s1. The Labute approximate surface area is 194 Å². The second-order valence-corrected chi connectivity index (χ2v) is 10.3. The van der Waals surface area contributed by atoms with E-state index in [1.54, 1.807) is 41.3 Å². The van der Waals surface area contributed by atoms with Gasteiger partial charge >= 0.3 is 6.09 Å². The molecule has 0 N–H and O–H groups in total. The molecule has 2 aromatic carbocycles. The molecule has 0 bridgehead atoms. The zero-order valence-electron chi connectivity index (χ0n) is 20.0. The first kappa shape index (κ1) is 24.4. The molecule has 176 valence electrons. The molecule has 2 aromatic rings. The SMILES string of the molecule is CC(C)(C)N(C(=O)O[C@@H](Cc1cccc(F)c1)CN1C(=O)c2ccccc2C1=O)C(C)(C)C. The number of ether oxygens (including phenoxy) is 1. The van der Waals surface area contributed by atoms with Gasteiger partial charge in [0.25, 0.3) is 11.8 Å². The molecule has 0 radical (unpaired) electrons. The molecule has 0 unspecified atom stereocenters. The maximum atomic E-state index is 13.8. The Kier molecular flexibility index (Phi) is 6.63. The number of rotatable bonds is 5. The summed E-state index contributed by atoms with van der Waals surface area (Å²) in [5, 5.41) is 0. The number of hydrogen-bond donors (Lipinski definition) is 0. The van der Waals surface area contributed by atoms with Crippen LogP contribution in [0.3, 0.4) is 0 Å². The van der Waals surface area contributed by atoms with Crippen LogP contribution in [0.25, 0.3) is 0 Å². The second kappa shape index (κ2) is 8.96. The van der Waals surface area contributed by atoms with Crippen LogP contribution in [0.4, 0.5) is 9.18 Å². The molecule has 1 aliphatic rings. The van der Waals surface area contributed by atoms with E-state index < -0.39 is 40.9 Å². The highest BCUT2D eigenvalue weighted by molar-refractivity contribution is 6.21. The van der Waals surface area contributed by atoms with Crippen molar-refractivity contribution >= 4 is 17.9 Å². The summed E-state index contributed by atoms with van der Waals surface area (Å²) in [5.41, 5.74) is 0.179. The van der Waals surface area contributed by atoms with Crippen molar-refractivity contribution in [2.75, 3.05) is 6.54 Å². The third-order valence-corrected chi connectivity index (χ3v) is 5.41. The van der Waals surface area contributed by atoms with Crippen molar-refractivity contribution in [3.05, 3.63) is 71.0 Å². The van der Waals surface area contributed by atoms with Gasteiger partial charge in [-0.1, -0.05) is 24.3 Å². The molecule has 0 saturated heterocycles. The van der Waals surface area contributed by atoms with Crippen molar-refractivity contribution in [1.29, 1.82) is 0 Å². The fourth-order valence-corrected chi connectivity index (χ4v) is 4.43. The zero-order valence-corrected chi connectivity index (χ0v) is 20.0. The minimum absolute atomic E-state index is 0.128. The molecule has 3 amide bonds. The number of nitrogens with zero attached hydrogens (tertiary/aromatic N) is 2. The van der Waals surface area contributed by atoms with Gasteiger partial charge < -0.3 is 4.74 Å². The molecule has 6 nitrogen and oxygen atoms in total. The third-order valence-electron chi connectivity index (χ3n) is 5.41. The predicted octanol–water partition coefficient (Wildman–Crippen LogP) is 5.07. The minimum Gasteiger partial charge on any atom is -0.444 e. The van der Waals surface area contributed by atoms with E-state index in [0.29, 0.717) is 16.7 Å². The van der Waals surface area contributed by atoms with Crippen LogP contribution in [0.5, 0.6) is 0 Å². The molecule has 0 aliphatic carbocycles. The smallest absolute Gasteiger partial charge is 0.410 e. The van der Waals surface area contributed by atoms with Crippen molar-refractivity contribution < 1.29 is 23.5 Å². The molecule has 1 heterocycles. The largest absolute Gasteiger partial charge is 0.444 e. The predicted molar refractivity (Wildman–Crippen MR) is 124 cm³/mol. The van der Waals surface area contributed by atoms with Gasteiger partial charge in [0.05, 0.1) is 17.7 Å². The highest BCUT2D eigenvalue weighted by atomic mass is 19.1. The average molecular weight is 455 g/mol. The van der Waals surface area contributed by atoms with E-state index in [-0.39, 0.29) is 13.0 Å². The molecule has 0 aromatic heterocycles. The Balaban J connectivity index is 1.89. The Bertz CT molecular complexity index is 1020. The van der Waals surface area contributed by atoms with Crippen LogP contribution < -0.4 is 0 Å². The van der Waals surface area contributed by atoms with Gasteiger partial charge in [0, 0.05) is 17.5 Å². The van der Waals surface area contributed by atoms with Gasteiger partial charge in [-0.2, -0.15) is 0 Å². The number of halogens is 1. The molecule has 33 heavy (non-hydrogen) atoms. The molecular formula is C26H31FN2O4. The van der Waals surface area contributed by atoms with E-state index in [9.17, 15) is 18.8 Å². The van der Waals surface area contributed by atoms with Crippen LogP contribution >= 0.6 is 0 Å². The number of benzene rings is 2. The van der Waals surface area contributed by atoms with E-state index in [1.807, 2.05) is 41.5 Å². The fourth-order valence-electron chi connectivity index (χ4n) is 4.43. The van der Waals surface area contributed by atoms with Crippen LogP contribution in [0.2, 0.25) is 0 Å². The van der Waals surface area contributed by atoms with Gasteiger partial charge in [0.15, 0.2) is 0 Å². The van der Waals surface area contributed by atoms with Crippen molar-refractivity contribution in [1.82, 2.24) is 9.80 Å². The summed E-state index contributed by atoms with van der Waals surface area (Å²) in [5.74, 6) is -1.27. The highest BCUT2D eigenvalue weighted by Crippen LogP contribution is 2.28. The zero-order chi connectivity index (χ0) is 24.6. The van der Waals surface area contributed by atoms with Crippen molar-refractivity contribution in [2.24, 2.45) is 0 Å². The van der Waals surface area contributed by atoms with Gasteiger partial charge in [0.2, 0.25) is 0 Å².